The lowest BCUT2D eigenvalue weighted by Gasteiger charge is -2.29. The molecule has 0 spiro atoms. The fourth-order valence-corrected chi connectivity index (χ4v) is 4.90. The molecule has 3 amide bonds. The van der Waals surface area contributed by atoms with Gasteiger partial charge in [-0.2, -0.15) is 0 Å². The molecule has 34 heavy (non-hydrogen) atoms. The minimum Gasteiger partial charge on any atom is -0.465 e. The predicted octanol–water partition coefficient (Wildman–Crippen LogP) is 1.57. The largest absolute Gasteiger partial charge is 0.465 e. The summed E-state index contributed by atoms with van der Waals surface area (Å²) in [6.45, 7) is 6.58. The summed E-state index contributed by atoms with van der Waals surface area (Å²) >= 11 is 0. The van der Waals surface area contributed by atoms with E-state index in [2.05, 4.69) is 25.6 Å². The maximum absolute atomic E-state index is 13.1. The SMILES string of the molecule is CNC(=O)C1(c2cnc([C@@H]3CCCN3C(=O)OC(C)(C)C)[nH]2)CN=C(C2CCCN2C(=O)O)N1. The van der Waals surface area contributed by atoms with Crippen molar-refractivity contribution in [1.29, 1.82) is 0 Å². The highest BCUT2D eigenvalue weighted by molar-refractivity contribution is 5.99. The lowest BCUT2D eigenvalue weighted by atomic mass is 9.95. The number of carboxylic acid groups (broad SMARTS) is 1. The Bertz CT molecular complexity index is 1000. The molecule has 3 aliphatic rings. The second kappa shape index (κ2) is 8.80. The van der Waals surface area contributed by atoms with Crippen LogP contribution in [-0.2, 0) is 15.1 Å². The molecule has 3 aliphatic heterocycles. The first-order valence-electron chi connectivity index (χ1n) is 11.6. The van der Waals surface area contributed by atoms with Gasteiger partial charge in [0.2, 0.25) is 0 Å². The number of amidine groups is 1. The van der Waals surface area contributed by atoms with Gasteiger partial charge in [-0.1, -0.05) is 0 Å². The van der Waals surface area contributed by atoms with Gasteiger partial charge in [-0.15, -0.1) is 0 Å². The molecule has 1 aromatic rings. The summed E-state index contributed by atoms with van der Waals surface area (Å²) in [7, 11) is 1.54. The number of aliphatic imine (C=N–C) groups is 1. The molecule has 0 bridgehead atoms. The number of rotatable bonds is 4. The molecule has 2 fully saturated rings. The maximum atomic E-state index is 13.1. The van der Waals surface area contributed by atoms with E-state index in [4.69, 9.17) is 4.74 Å². The fraction of sp³-hybridized carbons (Fsp3) is 0.682. The van der Waals surface area contributed by atoms with Crippen molar-refractivity contribution >= 4 is 23.9 Å². The Balaban J connectivity index is 1.57. The summed E-state index contributed by atoms with van der Waals surface area (Å²) in [5, 5.41) is 15.4. The Morgan fingerprint density at radius 1 is 1.18 bits per heavy atom. The van der Waals surface area contributed by atoms with Crippen LogP contribution >= 0.6 is 0 Å². The minimum absolute atomic E-state index is 0.105. The van der Waals surface area contributed by atoms with E-state index in [9.17, 15) is 19.5 Å². The van der Waals surface area contributed by atoms with E-state index in [0.29, 0.717) is 36.9 Å². The molecule has 4 rings (SSSR count). The number of imidazole rings is 1. The van der Waals surface area contributed by atoms with Crippen LogP contribution in [-0.4, -0.2) is 87.1 Å². The average molecular weight is 476 g/mol. The lowest BCUT2D eigenvalue weighted by molar-refractivity contribution is -0.126. The number of hydrogen-bond acceptors (Lipinski definition) is 7. The van der Waals surface area contributed by atoms with Gasteiger partial charge in [-0.25, -0.2) is 14.6 Å². The minimum atomic E-state index is -1.24. The van der Waals surface area contributed by atoms with Gasteiger partial charge in [0.05, 0.1) is 30.5 Å². The molecule has 0 aliphatic carbocycles. The molecular weight excluding hydrogens is 442 g/mol. The Morgan fingerprint density at radius 3 is 2.50 bits per heavy atom. The highest BCUT2D eigenvalue weighted by Gasteiger charge is 2.49. The van der Waals surface area contributed by atoms with E-state index >= 15 is 0 Å². The third kappa shape index (κ3) is 4.28. The number of likely N-dealkylation sites (tertiary alicyclic amines) is 2. The van der Waals surface area contributed by atoms with E-state index in [1.54, 1.807) is 18.1 Å². The maximum Gasteiger partial charge on any atom is 0.410 e. The van der Waals surface area contributed by atoms with Gasteiger partial charge >= 0.3 is 12.2 Å². The number of carbonyl (C=O) groups is 3. The number of hydrogen-bond donors (Lipinski definition) is 4. The smallest absolute Gasteiger partial charge is 0.410 e. The molecule has 3 atom stereocenters. The van der Waals surface area contributed by atoms with Crippen molar-refractivity contribution in [2.24, 2.45) is 4.99 Å². The molecule has 2 saturated heterocycles. The number of aromatic nitrogens is 2. The predicted molar refractivity (Wildman–Crippen MR) is 122 cm³/mol. The van der Waals surface area contributed by atoms with Crippen LogP contribution < -0.4 is 10.6 Å². The van der Waals surface area contributed by atoms with E-state index in [1.807, 2.05) is 20.8 Å². The number of nitrogens with one attached hydrogen (secondary N) is 3. The van der Waals surface area contributed by atoms with Gasteiger partial charge in [0, 0.05) is 20.1 Å². The van der Waals surface area contributed by atoms with Gasteiger partial charge < -0.3 is 25.5 Å². The Hall–Kier alpha value is -3.31. The van der Waals surface area contributed by atoms with Crippen molar-refractivity contribution < 1.29 is 24.2 Å². The Labute approximate surface area is 198 Å². The molecular formula is C22H33N7O5. The summed E-state index contributed by atoms with van der Waals surface area (Å²) < 4.78 is 5.55. The molecule has 1 aromatic heterocycles. The molecule has 4 heterocycles. The zero-order chi connectivity index (χ0) is 24.7. The van der Waals surface area contributed by atoms with Crippen LogP contribution in [0.5, 0.6) is 0 Å². The summed E-state index contributed by atoms with van der Waals surface area (Å²) in [5.41, 5.74) is -1.33. The molecule has 2 unspecified atom stereocenters. The van der Waals surface area contributed by atoms with E-state index in [1.165, 1.54) is 4.90 Å². The first-order chi connectivity index (χ1) is 16.1. The second-order valence-electron chi connectivity index (χ2n) is 9.96. The third-order valence-corrected chi connectivity index (χ3v) is 6.51. The standard InChI is InChI=1S/C22H33N7O5/c1-21(2,3)34-20(33)29-10-6-7-13(29)16-24-11-15(26-16)22(18(30)23-4)12-25-17(27-22)14-8-5-9-28(14)19(31)32/h11,13-14H,5-10,12H2,1-4H3,(H,23,30)(H,24,26)(H,25,27)(H,31,32)/t13-,14?,22?/m0/s1. The average Bonchev–Trinajstić information content (AvgIpc) is 3.56. The van der Waals surface area contributed by atoms with E-state index in [-0.39, 0.29) is 18.5 Å². The number of H-pyrrole nitrogens is 1. The van der Waals surface area contributed by atoms with Crippen molar-refractivity contribution in [2.75, 3.05) is 26.7 Å². The number of nitrogens with zero attached hydrogens (tertiary/aromatic N) is 4. The molecule has 0 aromatic carbocycles. The lowest BCUT2D eigenvalue weighted by Crippen LogP contribution is -2.57. The van der Waals surface area contributed by atoms with Gasteiger partial charge in [-0.05, 0) is 46.5 Å². The van der Waals surface area contributed by atoms with Gasteiger partial charge in [-0.3, -0.25) is 19.6 Å². The normalized spacial score (nSPS) is 26.9. The molecule has 0 radical (unpaired) electrons. The monoisotopic (exact) mass is 475 g/mol. The van der Waals surface area contributed by atoms with Crippen molar-refractivity contribution in [3.8, 4) is 0 Å². The number of likely N-dealkylation sites (N-methyl/N-ethyl adjacent to an activating group) is 1. The topological polar surface area (TPSA) is 152 Å². The van der Waals surface area contributed by atoms with E-state index in [0.717, 1.165) is 19.3 Å². The van der Waals surface area contributed by atoms with Gasteiger partial charge in [0.15, 0.2) is 5.54 Å². The second-order valence-corrected chi connectivity index (χ2v) is 9.96. The number of aromatic amines is 1. The summed E-state index contributed by atoms with van der Waals surface area (Å²) in [4.78, 5) is 52.7. The van der Waals surface area contributed by atoms with Gasteiger partial charge in [0.1, 0.15) is 17.3 Å². The zero-order valence-corrected chi connectivity index (χ0v) is 20.1. The quantitative estimate of drug-likeness (QED) is 0.516. The molecule has 4 N–H and O–H groups in total. The van der Waals surface area contributed by atoms with Crippen LogP contribution in [0.1, 0.15) is 64.0 Å². The number of amides is 3. The van der Waals surface area contributed by atoms with Crippen molar-refractivity contribution in [1.82, 2.24) is 30.4 Å². The van der Waals surface area contributed by atoms with Gasteiger partial charge in [0.25, 0.3) is 5.91 Å². The first-order valence-corrected chi connectivity index (χ1v) is 11.6. The van der Waals surface area contributed by atoms with Crippen LogP contribution in [0.2, 0.25) is 0 Å². The molecule has 12 heteroatoms. The molecule has 0 saturated carbocycles. The third-order valence-electron chi connectivity index (χ3n) is 6.51. The zero-order valence-electron chi connectivity index (χ0n) is 20.1. The van der Waals surface area contributed by atoms with Crippen LogP contribution in [0.4, 0.5) is 9.59 Å². The summed E-state index contributed by atoms with van der Waals surface area (Å²) in [5.74, 6) is 0.748. The molecule has 186 valence electrons. The number of ether oxygens (including phenoxy) is 1. The van der Waals surface area contributed by atoms with E-state index < -0.39 is 29.4 Å². The van der Waals surface area contributed by atoms with Crippen molar-refractivity contribution in [2.45, 2.75) is 69.7 Å². The first kappa shape index (κ1) is 23.8. The Kier molecular flexibility index (Phi) is 6.17. The van der Waals surface area contributed by atoms with Crippen molar-refractivity contribution in [3.63, 3.8) is 0 Å². The highest BCUT2D eigenvalue weighted by atomic mass is 16.6. The molecule has 12 nitrogen and oxygen atoms in total. The fourth-order valence-electron chi connectivity index (χ4n) is 4.90. The summed E-state index contributed by atoms with van der Waals surface area (Å²) in [6, 6.07) is -0.701. The van der Waals surface area contributed by atoms with Crippen LogP contribution in [0.15, 0.2) is 11.2 Å². The highest BCUT2D eigenvalue weighted by Crippen LogP contribution is 2.34. The van der Waals surface area contributed by atoms with Crippen LogP contribution in [0.25, 0.3) is 0 Å². The summed E-state index contributed by atoms with van der Waals surface area (Å²) in [6.07, 6.45) is 3.11. The van der Waals surface area contributed by atoms with Crippen LogP contribution in [0.3, 0.4) is 0 Å². The Morgan fingerprint density at radius 2 is 1.85 bits per heavy atom. The number of carbonyl (C=O) groups excluding carboxylic acids is 2. The van der Waals surface area contributed by atoms with Crippen molar-refractivity contribution in [3.05, 3.63) is 17.7 Å². The van der Waals surface area contributed by atoms with Crippen LogP contribution in [0, 0.1) is 0 Å².